The first-order valence-electron chi connectivity index (χ1n) is 6.21. The van der Waals surface area contributed by atoms with Gasteiger partial charge in [0.1, 0.15) is 5.82 Å². The van der Waals surface area contributed by atoms with Crippen LogP contribution < -0.4 is 4.90 Å². The number of carbonyl (C=O) groups is 1. The zero-order chi connectivity index (χ0) is 14.9. The summed E-state index contributed by atoms with van der Waals surface area (Å²) in [4.78, 5) is 14.0. The van der Waals surface area contributed by atoms with Gasteiger partial charge in [0.25, 0.3) is 5.91 Å². The molecule has 0 fully saturated rings. The summed E-state index contributed by atoms with van der Waals surface area (Å²) >= 11 is 3.23. The van der Waals surface area contributed by atoms with Crippen LogP contribution in [0.15, 0.2) is 40.9 Å². The molecule has 2 aromatic carbocycles. The monoisotopic (exact) mass is 335 g/mol. The van der Waals surface area contributed by atoms with E-state index in [4.69, 9.17) is 0 Å². The van der Waals surface area contributed by atoms with E-state index in [0.717, 1.165) is 16.8 Å². The van der Waals surface area contributed by atoms with E-state index in [1.54, 1.807) is 19.2 Å². The van der Waals surface area contributed by atoms with Crippen LogP contribution in [0.2, 0.25) is 0 Å². The maximum Gasteiger partial charge on any atom is 0.262 e. The Kier molecular flexibility index (Phi) is 4.23. The molecule has 104 valence electrons. The quantitative estimate of drug-likeness (QED) is 0.792. The van der Waals surface area contributed by atoms with Gasteiger partial charge in [-0.2, -0.15) is 0 Å². The second-order valence-corrected chi connectivity index (χ2v) is 5.61. The lowest BCUT2D eigenvalue weighted by Crippen LogP contribution is -2.28. The fraction of sp³-hybridized carbons (Fsp3) is 0.188. The highest BCUT2D eigenvalue weighted by Gasteiger charge is 2.21. The highest BCUT2D eigenvalue weighted by molar-refractivity contribution is 9.10. The number of anilines is 1. The lowest BCUT2D eigenvalue weighted by Gasteiger charge is -2.21. The minimum absolute atomic E-state index is 0.0509. The van der Waals surface area contributed by atoms with Crippen LogP contribution in [0.5, 0.6) is 0 Å². The number of rotatable bonds is 2. The predicted molar refractivity (Wildman–Crippen MR) is 82.7 cm³/mol. The molecular formula is C16H15BrFNO. The zero-order valence-corrected chi connectivity index (χ0v) is 13.2. The van der Waals surface area contributed by atoms with Crippen molar-refractivity contribution in [2.45, 2.75) is 13.8 Å². The number of benzene rings is 2. The summed E-state index contributed by atoms with van der Waals surface area (Å²) in [5.74, 6) is -0.900. The van der Waals surface area contributed by atoms with Crippen molar-refractivity contribution in [3.8, 4) is 0 Å². The van der Waals surface area contributed by atoms with Crippen molar-refractivity contribution in [3.05, 3.63) is 63.4 Å². The third-order valence-electron chi connectivity index (χ3n) is 3.19. The number of amides is 1. The van der Waals surface area contributed by atoms with E-state index in [-0.39, 0.29) is 11.5 Å². The summed E-state index contributed by atoms with van der Waals surface area (Å²) in [6.45, 7) is 3.93. The van der Waals surface area contributed by atoms with Crippen molar-refractivity contribution in [3.63, 3.8) is 0 Å². The van der Waals surface area contributed by atoms with Crippen LogP contribution in [-0.2, 0) is 0 Å². The van der Waals surface area contributed by atoms with E-state index >= 15 is 0 Å². The van der Waals surface area contributed by atoms with Crippen molar-refractivity contribution in [1.82, 2.24) is 0 Å². The molecule has 0 saturated heterocycles. The number of hydrogen-bond acceptors (Lipinski definition) is 1. The Labute approximate surface area is 126 Å². The fourth-order valence-electron chi connectivity index (χ4n) is 2.16. The highest BCUT2D eigenvalue weighted by Crippen LogP contribution is 2.26. The molecule has 0 aliphatic heterocycles. The zero-order valence-electron chi connectivity index (χ0n) is 11.6. The van der Waals surface area contributed by atoms with Gasteiger partial charge in [-0.15, -0.1) is 0 Å². The smallest absolute Gasteiger partial charge is 0.262 e. The van der Waals surface area contributed by atoms with Crippen molar-refractivity contribution in [2.24, 2.45) is 0 Å². The summed E-state index contributed by atoms with van der Waals surface area (Å²) < 4.78 is 14.3. The molecule has 2 nitrogen and oxygen atoms in total. The Morgan fingerprint density at radius 3 is 2.50 bits per heavy atom. The van der Waals surface area contributed by atoms with Crippen molar-refractivity contribution >= 4 is 27.5 Å². The molecule has 0 unspecified atom stereocenters. The van der Waals surface area contributed by atoms with E-state index in [0.29, 0.717) is 4.47 Å². The highest BCUT2D eigenvalue weighted by atomic mass is 79.9. The molecule has 20 heavy (non-hydrogen) atoms. The molecule has 0 aliphatic rings. The van der Waals surface area contributed by atoms with Crippen molar-refractivity contribution < 1.29 is 9.18 Å². The van der Waals surface area contributed by atoms with Gasteiger partial charge >= 0.3 is 0 Å². The van der Waals surface area contributed by atoms with Gasteiger partial charge < -0.3 is 4.90 Å². The van der Waals surface area contributed by atoms with E-state index < -0.39 is 5.82 Å². The van der Waals surface area contributed by atoms with Crippen LogP contribution in [0.1, 0.15) is 21.5 Å². The Morgan fingerprint density at radius 1 is 1.20 bits per heavy atom. The first-order chi connectivity index (χ1) is 9.41. The van der Waals surface area contributed by atoms with Gasteiger partial charge in [0.2, 0.25) is 0 Å². The van der Waals surface area contributed by atoms with E-state index in [1.165, 1.54) is 11.0 Å². The van der Waals surface area contributed by atoms with Gasteiger partial charge in [0.05, 0.1) is 5.56 Å². The Bertz CT molecular complexity index is 649. The Morgan fingerprint density at radius 2 is 1.90 bits per heavy atom. The van der Waals surface area contributed by atoms with E-state index in [1.807, 2.05) is 32.0 Å². The summed E-state index contributed by atoms with van der Waals surface area (Å²) in [7, 11) is 1.65. The number of aryl methyl sites for hydroxylation is 2. The predicted octanol–water partition coefficient (Wildman–Crippen LogP) is 4.48. The van der Waals surface area contributed by atoms with E-state index in [2.05, 4.69) is 15.9 Å². The molecule has 0 bridgehead atoms. The topological polar surface area (TPSA) is 20.3 Å². The summed E-state index contributed by atoms with van der Waals surface area (Å²) in [6.07, 6.45) is 0. The average molecular weight is 336 g/mol. The molecule has 0 saturated carbocycles. The molecule has 0 spiro atoms. The van der Waals surface area contributed by atoms with Crippen molar-refractivity contribution in [1.29, 1.82) is 0 Å². The summed E-state index contributed by atoms with van der Waals surface area (Å²) in [5, 5.41) is 0. The van der Waals surface area contributed by atoms with E-state index in [9.17, 15) is 9.18 Å². The number of carbonyl (C=O) groups excluding carboxylic acids is 1. The molecule has 1 amide bonds. The van der Waals surface area contributed by atoms with Crippen LogP contribution in [0, 0.1) is 19.7 Å². The van der Waals surface area contributed by atoms with Gasteiger partial charge in [0, 0.05) is 17.2 Å². The third kappa shape index (κ3) is 2.75. The SMILES string of the molecule is Cc1ccc(N(C)C(=O)c2c(F)cccc2Br)c(C)c1. The molecule has 0 N–H and O–H groups in total. The van der Waals surface area contributed by atoms with Gasteiger partial charge in [-0.1, -0.05) is 23.8 Å². The normalized spacial score (nSPS) is 10.4. The van der Waals surface area contributed by atoms with Gasteiger partial charge in [-0.05, 0) is 53.5 Å². The molecule has 0 aliphatic carbocycles. The molecule has 4 heteroatoms. The molecular weight excluding hydrogens is 321 g/mol. The molecule has 2 aromatic rings. The molecule has 0 atom stereocenters. The first-order valence-corrected chi connectivity index (χ1v) is 7.00. The van der Waals surface area contributed by atoms with Crippen LogP contribution in [0.4, 0.5) is 10.1 Å². The Hall–Kier alpha value is -1.68. The summed E-state index contributed by atoms with van der Waals surface area (Å²) in [5.41, 5.74) is 2.93. The number of hydrogen-bond donors (Lipinski definition) is 0. The number of halogens is 2. The maximum atomic E-state index is 13.9. The van der Waals surface area contributed by atoms with Crippen LogP contribution in [0.3, 0.4) is 0 Å². The van der Waals surface area contributed by atoms with Crippen LogP contribution in [-0.4, -0.2) is 13.0 Å². The lowest BCUT2D eigenvalue weighted by molar-refractivity contribution is 0.0988. The van der Waals surface area contributed by atoms with Crippen LogP contribution >= 0.6 is 15.9 Å². The summed E-state index contributed by atoms with van der Waals surface area (Å²) in [6, 6.07) is 10.3. The molecule has 0 heterocycles. The minimum atomic E-state index is -0.527. The van der Waals surface area contributed by atoms with Gasteiger partial charge in [0.15, 0.2) is 0 Å². The maximum absolute atomic E-state index is 13.9. The molecule has 0 radical (unpaired) electrons. The third-order valence-corrected chi connectivity index (χ3v) is 3.86. The van der Waals surface area contributed by atoms with Gasteiger partial charge in [-0.25, -0.2) is 4.39 Å². The first kappa shape index (κ1) is 14.7. The fourth-order valence-corrected chi connectivity index (χ4v) is 2.67. The second-order valence-electron chi connectivity index (χ2n) is 4.75. The largest absolute Gasteiger partial charge is 0.311 e. The standard InChI is InChI=1S/C16H15BrFNO/c1-10-7-8-14(11(2)9-10)19(3)16(20)15-12(17)5-4-6-13(15)18/h4-9H,1-3H3. The minimum Gasteiger partial charge on any atom is -0.311 e. The second kappa shape index (κ2) is 5.75. The van der Waals surface area contributed by atoms with Crippen LogP contribution in [0.25, 0.3) is 0 Å². The molecule has 2 rings (SSSR count). The van der Waals surface area contributed by atoms with Gasteiger partial charge in [-0.3, -0.25) is 4.79 Å². The molecule has 0 aromatic heterocycles. The van der Waals surface area contributed by atoms with Crippen molar-refractivity contribution in [2.75, 3.05) is 11.9 Å². The number of nitrogens with zero attached hydrogens (tertiary/aromatic N) is 1. The lowest BCUT2D eigenvalue weighted by atomic mass is 10.1. The average Bonchev–Trinajstić information content (AvgIpc) is 2.37. The Balaban J connectivity index is 2.43.